The molecule has 1 N–H and O–H groups in total. The van der Waals surface area contributed by atoms with Crippen molar-refractivity contribution in [3.05, 3.63) is 23.8 Å². The van der Waals surface area contributed by atoms with Gasteiger partial charge in [-0.3, -0.25) is 9.59 Å². The Bertz CT molecular complexity index is 579. The van der Waals surface area contributed by atoms with Gasteiger partial charge in [0.2, 0.25) is 5.91 Å². The third-order valence-electron chi connectivity index (χ3n) is 4.55. The maximum absolute atomic E-state index is 12.2. The van der Waals surface area contributed by atoms with Crippen molar-refractivity contribution in [1.82, 2.24) is 5.32 Å². The lowest BCUT2D eigenvalue weighted by molar-refractivity contribution is -0.126. The molecule has 3 rings (SSSR count). The molecule has 1 saturated carbocycles. The lowest BCUT2D eigenvalue weighted by Gasteiger charge is -2.26. The summed E-state index contributed by atoms with van der Waals surface area (Å²) in [5.41, 5.74) is 1.74. The van der Waals surface area contributed by atoms with Crippen LogP contribution >= 0.6 is 0 Å². The van der Waals surface area contributed by atoms with Crippen LogP contribution in [0.4, 0.5) is 5.69 Å². The number of benzene rings is 1. The summed E-state index contributed by atoms with van der Waals surface area (Å²) < 4.78 is 5.40. The Morgan fingerprint density at radius 2 is 2.09 bits per heavy atom. The summed E-state index contributed by atoms with van der Waals surface area (Å²) in [5, 5.41) is 3.02. The van der Waals surface area contributed by atoms with E-state index in [4.69, 9.17) is 4.74 Å². The summed E-state index contributed by atoms with van der Waals surface area (Å²) in [5.74, 6) is 0.970. The molecule has 0 atom stereocenters. The van der Waals surface area contributed by atoms with Gasteiger partial charge in [-0.25, -0.2) is 0 Å². The van der Waals surface area contributed by atoms with Gasteiger partial charge in [0.1, 0.15) is 5.75 Å². The Morgan fingerprint density at radius 3 is 2.86 bits per heavy atom. The zero-order chi connectivity index (χ0) is 15.5. The first-order valence-corrected chi connectivity index (χ1v) is 7.95. The van der Waals surface area contributed by atoms with Crippen LogP contribution in [0.15, 0.2) is 18.2 Å². The van der Waals surface area contributed by atoms with Crippen LogP contribution in [0.5, 0.6) is 5.75 Å². The predicted octanol–water partition coefficient (Wildman–Crippen LogP) is 2.24. The van der Waals surface area contributed by atoms with Crippen LogP contribution in [0.3, 0.4) is 0 Å². The highest BCUT2D eigenvalue weighted by molar-refractivity contribution is 5.97. The SMILES string of the molecule is CN1C(=O)COc2ccc(CNC(=O)C3CCCCC3)cc21. The normalized spacial score (nSPS) is 18.6. The summed E-state index contributed by atoms with van der Waals surface area (Å²) in [6.45, 7) is 0.575. The predicted molar refractivity (Wildman–Crippen MR) is 83.8 cm³/mol. The van der Waals surface area contributed by atoms with Crippen molar-refractivity contribution in [2.24, 2.45) is 5.92 Å². The summed E-state index contributed by atoms with van der Waals surface area (Å²) in [7, 11) is 1.74. The van der Waals surface area contributed by atoms with E-state index in [0.717, 1.165) is 36.9 Å². The molecule has 0 radical (unpaired) electrons. The highest BCUT2D eigenvalue weighted by atomic mass is 16.5. The molecule has 1 aliphatic carbocycles. The Labute approximate surface area is 130 Å². The molecule has 1 aromatic rings. The smallest absolute Gasteiger partial charge is 0.264 e. The molecular formula is C17H22N2O3. The van der Waals surface area contributed by atoms with Gasteiger partial charge in [0, 0.05) is 19.5 Å². The van der Waals surface area contributed by atoms with Crippen molar-refractivity contribution >= 4 is 17.5 Å². The largest absolute Gasteiger partial charge is 0.482 e. The third kappa shape index (κ3) is 3.08. The van der Waals surface area contributed by atoms with E-state index in [2.05, 4.69) is 5.32 Å². The summed E-state index contributed by atoms with van der Waals surface area (Å²) >= 11 is 0. The van der Waals surface area contributed by atoms with Gasteiger partial charge in [-0.1, -0.05) is 25.3 Å². The number of likely N-dealkylation sites (N-methyl/N-ethyl adjacent to an activating group) is 1. The van der Waals surface area contributed by atoms with Crippen LogP contribution in [0, 0.1) is 5.92 Å². The summed E-state index contributed by atoms with van der Waals surface area (Å²) in [4.78, 5) is 25.5. The first-order valence-electron chi connectivity index (χ1n) is 7.95. The number of carbonyl (C=O) groups is 2. The number of carbonyl (C=O) groups excluding carboxylic acids is 2. The fourth-order valence-corrected chi connectivity index (χ4v) is 3.13. The quantitative estimate of drug-likeness (QED) is 0.931. The maximum atomic E-state index is 12.2. The molecule has 5 heteroatoms. The van der Waals surface area contributed by atoms with Crippen molar-refractivity contribution in [2.45, 2.75) is 38.6 Å². The molecule has 0 aromatic heterocycles. The fourth-order valence-electron chi connectivity index (χ4n) is 3.13. The third-order valence-corrected chi connectivity index (χ3v) is 4.55. The minimum atomic E-state index is -0.0594. The summed E-state index contributed by atoms with van der Waals surface area (Å²) in [6, 6.07) is 5.71. The number of ether oxygens (including phenoxy) is 1. The van der Waals surface area contributed by atoms with Gasteiger partial charge in [0.25, 0.3) is 5.91 Å². The monoisotopic (exact) mass is 302 g/mol. The van der Waals surface area contributed by atoms with E-state index in [1.165, 1.54) is 6.42 Å². The molecular weight excluding hydrogens is 280 g/mol. The highest BCUT2D eigenvalue weighted by Gasteiger charge is 2.23. The van der Waals surface area contributed by atoms with Crippen molar-refractivity contribution in [2.75, 3.05) is 18.6 Å². The molecule has 1 aromatic carbocycles. The van der Waals surface area contributed by atoms with Gasteiger partial charge in [0.15, 0.2) is 6.61 Å². The Morgan fingerprint density at radius 1 is 1.32 bits per heavy atom. The Hall–Kier alpha value is -2.04. The molecule has 0 saturated heterocycles. The second-order valence-corrected chi connectivity index (χ2v) is 6.10. The molecule has 22 heavy (non-hydrogen) atoms. The number of hydrogen-bond donors (Lipinski definition) is 1. The van der Waals surface area contributed by atoms with Crippen LogP contribution < -0.4 is 15.0 Å². The molecule has 0 unspecified atom stereocenters. The van der Waals surface area contributed by atoms with Crippen LogP contribution in [-0.2, 0) is 16.1 Å². The number of hydrogen-bond acceptors (Lipinski definition) is 3. The molecule has 1 heterocycles. The molecule has 2 aliphatic rings. The number of amides is 2. The van der Waals surface area contributed by atoms with E-state index in [-0.39, 0.29) is 24.3 Å². The second-order valence-electron chi connectivity index (χ2n) is 6.10. The number of fused-ring (bicyclic) bond motifs is 1. The Kier molecular flexibility index (Phi) is 4.32. The van der Waals surface area contributed by atoms with E-state index >= 15 is 0 Å². The number of rotatable bonds is 3. The summed E-state index contributed by atoms with van der Waals surface area (Å²) in [6.07, 6.45) is 5.56. The van der Waals surface area contributed by atoms with Gasteiger partial charge in [-0.05, 0) is 30.5 Å². The zero-order valence-corrected chi connectivity index (χ0v) is 12.9. The average molecular weight is 302 g/mol. The number of nitrogens with zero attached hydrogens (tertiary/aromatic N) is 1. The van der Waals surface area contributed by atoms with Crippen LogP contribution in [0.2, 0.25) is 0 Å². The van der Waals surface area contributed by atoms with E-state index in [1.807, 2.05) is 18.2 Å². The van der Waals surface area contributed by atoms with E-state index in [9.17, 15) is 9.59 Å². The first-order chi connectivity index (χ1) is 10.6. The van der Waals surface area contributed by atoms with Crippen LogP contribution in [0.1, 0.15) is 37.7 Å². The molecule has 1 aliphatic heterocycles. The fraction of sp³-hybridized carbons (Fsp3) is 0.529. The van der Waals surface area contributed by atoms with Crippen molar-refractivity contribution < 1.29 is 14.3 Å². The van der Waals surface area contributed by atoms with Crippen molar-refractivity contribution in [3.8, 4) is 5.75 Å². The lowest BCUT2D eigenvalue weighted by Crippen LogP contribution is -2.35. The molecule has 118 valence electrons. The number of anilines is 1. The average Bonchev–Trinajstić information content (AvgIpc) is 2.57. The highest BCUT2D eigenvalue weighted by Crippen LogP contribution is 2.32. The zero-order valence-electron chi connectivity index (χ0n) is 12.9. The maximum Gasteiger partial charge on any atom is 0.264 e. The minimum absolute atomic E-state index is 0.0594. The molecule has 2 amide bonds. The first kappa shape index (κ1) is 14.9. The second kappa shape index (κ2) is 6.38. The molecule has 0 spiro atoms. The van der Waals surface area contributed by atoms with Gasteiger partial charge < -0.3 is 15.0 Å². The van der Waals surface area contributed by atoms with Crippen molar-refractivity contribution in [1.29, 1.82) is 0 Å². The molecule has 0 bridgehead atoms. The van der Waals surface area contributed by atoms with E-state index < -0.39 is 0 Å². The van der Waals surface area contributed by atoms with Gasteiger partial charge in [-0.2, -0.15) is 0 Å². The topological polar surface area (TPSA) is 58.6 Å². The van der Waals surface area contributed by atoms with E-state index in [0.29, 0.717) is 12.3 Å². The van der Waals surface area contributed by atoms with Crippen molar-refractivity contribution in [3.63, 3.8) is 0 Å². The molecule has 5 nitrogen and oxygen atoms in total. The minimum Gasteiger partial charge on any atom is -0.482 e. The van der Waals surface area contributed by atoms with E-state index in [1.54, 1.807) is 11.9 Å². The van der Waals surface area contributed by atoms with Gasteiger partial charge >= 0.3 is 0 Å². The number of nitrogens with one attached hydrogen (secondary N) is 1. The standard InChI is InChI=1S/C17H22N2O3/c1-19-14-9-12(7-8-15(14)22-11-16(19)20)10-18-17(21)13-5-3-2-4-6-13/h7-9,13H,2-6,10-11H2,1H3,(H,18,21). The Balaban J connectivity index is 1.63. The van der Waals surface area contributed by atoms with Gasteiger partial charge in [0.05, 0.1) is 5.69 Å². The molecule has 1 fully saturated rings. The van der Waals surface area contributed by atoms with Crippen LogP contribution in [0.25, 0.3) is 0 Å². The van der Waals surface area contributed by atoms with Gasteiger partial charge in [-0.15, -0.1) is 0 Å². The lowest BCUT2D eigenvalue weighted by atomic mass is 9.88. The van der Waals surface area contributed by atoms with Crippen LogP contribution in [-0.4, -0.2) is 25.5 Å².